The van der Waals surface area contributed by atoms with Crippen molar-refractivity contribution in [3.8, 4) is 11.3 Å². The smallest absolute Gasteiger partial charge is 0.281 e. The number of hydrogen-bond donors (Lipinski definition) is 2. The first-order valence-electron chi connectivity index (χ1n) is 8.44. The highest BCUT2D eigenvalue weighted by Crippen LogP contribution is 2.21. The van der Waals surface area contributed by atoms with Crippen LogP contribution in [-0.4, -0.2) is 54.6 Å². The van der Waals surface area contributed by atoms with Gasteiger partial charge in [0.1, 0.15) is 5.69 Å². The number of quaternary nitrogens is 1. The molecule has 0 atom stereocenters. The van der Waals surface area contributed by atoms with Gasteiger partial charge in [-0.25, -0.2) is 0 Å². The highest BCUT2D eigenvalue weighted by Gasteiger charge is 2.23. The number of hydrogen-bond acceptors (Lipinski definition) is 4. The Morgan fingerprint density at radius 2 is 1.92 bits per heavy atom. The molecule has 1 fully saturated rings. The zero-order valence-electron chi connectivity index (χ0n) is 14.5. The van der Waals surface area contributed by atoms with Crippen molar-refractivity contribution < 1.29 is 19.0 Å². The van der Waals surface area contributed by atoms with Crippen LogP contribution in [0, 0.1) is 6.92 Å². The van der Waals surface area contributed by atoms with E-state index in [4.69, 9.17) is 4.52 Å². The third-order valence-corrected chi connectivity index (χ3v) is 4.45. The maximum Gasteiger partial charge on any atom is 0.281 e. The van der Waals surface area contributed by atoms with E-state index in [-0.39, 0.29) is 11.8 Å². The van der Waals surface area contributed by atoms with E-state index in [1.54, 1.807) is 13.0 Å². The number of aryl methyl sites for hydroxylation is 1. The molecule has 3 rings (SSSR count). The van der Waals surface area contributed by atoms with E-state index in [1.807, 2.05) is 36.1 Å². The summed E-state index contributed by atoms with van der Waals surface area (Å²) < 4.78 is 5.21. The molecule has 2 aromatic rings. The first-order valence-corrected chi connectivity index (χ1v) is 8.44. The second-order valence-corrected chi connectivity index (χ2v) is 6.42. The molecule has 7 nitrogen and oxygen atoms in total. The summed E-state index contributed by atoms with van der Waals surface area (Å²) in [6, 6.07) is 9.68. The molecular weight excluding hydrogens is 320 g/mol. The van der Waals surface area contributed by atoms with Gasteiger partial charge in [0.2, 0.25) is 11.8 Å². The standard InChI is InChI=1S/C18H22N4O3/c1-13-3-5-15(6-4-13)16-11-18(25-20-16)19-17(24)12-21-7-9-22(10-8-21)14(2)23/h3-6,11H,7-10,12H2,1-2H3,(H,19,24)/p+1. The molecule has 7 heteroatoms. The van der Waals surface area contributed by atoms with E-state index in [1.165, 1.54) is 5.56 Å². The van der Waals surface area contributed by atoms with Crippen molar-refractivity contribution in [1.29, 1.82) is 0 Å². The maximum atomic E-state index is 12.2. The van der Waals surface area contributed by atoms with Crippen molar-refractivity contribution >= 4 is 17.7 Å². The minimum Gasteiger partial charge on any atom is -0.338 e. The Labute approximate surface area is 146 Å². The van der Waals surface area contributed by atoms with Gasteiger partial charge >= 0.3 is 0 Å². The van der Waals surface area contributed by atoms with Gasteiger partial charge in [0.15, 0.2) is 6.54 Å². The largest absolute Gasteiger partial charge is 0.338 e. The van der Waals surface area contributed by atoms with Crippen molar-refractivity contribution in [2.75, 3.05) is 38.0 Å². The van der Waals surface area contributed by atoms with Gasteiger partial charge in [-0.15, -0.1) is 0 Å². The molecule has 1 aliphatic rings. The summed E-state index contributed by atoms with van der Waals surface area (Å²) in [5.74, 6) is 0.328. The molecule has 0 bridgehead atoms. The molecule has 1 saturated heterocycles. The first kappa shape index (κ1) is 17.2. The third-order valence-electron chi connectivity index (χ3n) is 4.45. The van der Waals surface area contributed by atoms with E-state index in [2.05, 4.69) is 10.5 Å². The first-order chi connectivity index (χ1) is 12.0. The van der Waals surface area contributed by atoms with Gasteiger partial charge < -0.3 is 14.3 Å². The number of rotatable bonds is 4. The van der Waals surface area contributed by atoms with Crippen LogP contribution in [0.5, 0.6) is 0 Å². The minimum atomic E-state index is -0.113. The van der Waals surface area contributed by atoms with Crippen LogP contribution in [0.4, 0.5) is 5.88 Å². The van der Waals surface area contributed by atoms with Crippen LogP contribution in [0.2, 0.25) is 0 Å². The van der Waals surface area contributed by atoms with Crippen LogP contribution in [-0.2, 0) is 9.59 Å². The van der Waals surface area contributed by atoms with E-state index >= 15 is 0 Å². The Morgan fingerprint density at radius 1 is 1.24 bits per heavy atom. The molecule has 25 heavy (non-hydrogen) atoms. The molecule has 0 spiro atoms. The zero-order valence-corrected chi connectivity index (χ0v) is 14.5. The van der Waals surface area contributed by atoms with Gasteiger partial charge in [-0.1, -0.05) is 35.0 Å². The molecule has 2 amide bonds. The molecule has 1 aliphatic heterocycles. The molecule has 1 aromatic heterocycles. The van der Waals surface area contributed by atoms with Gasteiger partial charge in [-0.05, 0) is 6.92 Å². The Bertz CT molecular complexity index is 746. The Balaban J connectivity index is 1.52. The predicted octanol–water partition coefficient (Wildman–Crippen LogP) is 0.336. The molecule has 0 saturated carbocycles. The summed E-state index contributed by atoms with van der Waals surface area (Å²) in [4.78, 5) is 26.5. The fraction of sp³-hybridized carbons (Fsp3) is 0.389. The van der Waals surface area contributed by atoms with Crippen molar-refractivity contribution in [1.82, 2.24) is 10.1 Å². The number of carbonyl (C=O) groups is 2. The molecular formula is C18H23N4O3+. The van der Waals surface area contributed by atoms with Gasteiger partial charge in [0.25, 0.3) is 5.91 Å². The third kappa shape index (κ3) is 4.45. The zero-order chi connectivity index (χ0) is 17.8. The second-order valence-electron chi connectivity index (χ2n) is 6.42. The number of piperazine rings is 1. The number of nitrogens with zero attached hydrogens (tertiary/aromatic N) is 2. The van der Waals surface area contributed by atoms with Crippen LogP contribution in [0.3, 0.4) is 0 Å². The van der Waals surface area contributed by atoms with Gasteiger partial charge in [0, 0.05) is 18.6 Å². The van der Waals surface area contributed by atoms with Crippen molar-refractivity contribution in [2.45, 2.75) is 13.8 Å². The van der Waals surface area contributed by atoms with Crippen LogP contribution < -0.4 is 10.2 Å². The monoisotopic (exact) mass is 343 g/mol. The Hall–Kier alpha value is -2.67. The highest BCUT2D eigenvalue weighted by atomic mass is 16.5. The topological polar surface area (TPSA) is 79.9 Å². The van der Waals surface area contributed by atoms with E-state index in [9.17, 15) is 9.59 Å². The lowest BCUT2D eigenvalue weighted by Gasteiger charge is -2.31. The van der Waals surface area contributed by atoms with Gasteiger partial charge in [-0.2, -0.15) is 0 Å². The number of benzene rings is 1. The SMILES string of the molecule is CC(=O)N1CC[NH+](CC(=O)Nc2cc(-c3ccc(C)cc3)no2)CC1. The summed E-state index contributed by atoms with van der Waals surface area (Å²) in [6.07, 6.45) is 0. The van der Waals surface area contributed by atoms with Gasteiger partial charge in [-0.3, -0.25) is 14.9 Å². The van der Waals surface area contributed by atoms with E-state index in [0.717, 1.165) is 23.6 Å². The Morgan fingerprint density at radius 3 is 2.56 bits per heavy atom. The predicted molar refractivity (Wildman–Crippen MR) is 93.1 cm³/mol. The molecule has 132 valence electrons. The fourth-order valence-corrected chi connectivity index (χ4v) is 2.92. The lowest BCUT2D eigenvalue weighted by Crippen LogP contribution is -3.15. The molecule has 1 aromatic carbocycles. The summed E-state index contributed by atoms with van der Waals surface area (Å²) in [7, 11) is 0. The van der Waals surface area contributed by atoms with Crippen molar-refractivity contribution in [2.24, 2.45) is 0 Å². The fourth-order valence-electron chi connectivity index (χ4n) is 2.92. The average molecular weight is 343 g/mol. The van der Waals surface area contributed by atoms with Crippen LogP contribution in [0.1, 0.15) is 12.5 Å². The van der Waals surface area contributed by atoms with Crippen LogP contribution in [0.25, 0.3) is 11.3 Å². The summed E-state index contributed by atoms with van der Waals surface area (Å²) >= 11 is 0. The van der Waals surface area contributed by atoms with Crippen molar-refractivity contribution in [3.63, 3.8) is 0 Å². The average Bonchev–Trinajstić information content (AvgIpc) is 3.04. The molecule has 2 heterocycles. The molecule has 0 radical (unpaired) electrons. The number of amides is 2. The molecule has 0 aliphatic carbocycles. The number of aromatic nitrogens is 1. The summed E-state index contributed by atoms with van der Waals surface area (Å²) in [6.45, 7) is 6.89. The highest BCUT2D eigenvalue weighted by molar-refractivity contribution is 5.90. The lowest BCUT2D eigenvalue weighted by molar-refractivity contribution is -0.895. The van der Waals surface area contributed by atoms with E-state index in [0.29, 0.717) is 31.2 Å². The molecule has 0 unspecified atom stereocenters. The normalized spacial score (nSPS) is 15.2. The molecule has 2 N–H and O–H groups in total. The number of nitrogens with one attached hydrogen (secondary N) is 2. The lowest BCUT2D eigenvalue weighted by atomic mass is 10.1. The Kier molecular flexibility index (Phi) is 5.14. The maximum absolute atomic E-state index is 12.2. The summed E-state index contributed by atoms with van der Waals surface area (Å²) in [5.41, 5.74) is 2.81. The van der Waals surface area contributed by atoms with E-state index < -0.39 is 0 Å². The van der Waals surface area contributed by atoms with Gasteiger partial charge in [0.05, 0.1) is 26.2 Å². The number of carbonyl (C=O) groups excluding carboxylic acids is 2. The van der Waals surface area contributed by atoms with Crippen molar-refractivity contribution in [3.05, 3.63) is 35.9 Å². The van der Waals surface area contributed by atoms with Crippen LogP contribution >= 0.6 is 0 Å². The second kappa shape index (κ2) is 7.48. The summed E-state index contributed by atoms with van der Waals surface area (Å²) in [5, 5.41) is 6.76. The minimum absolute atomic E-state index is 0.0915. The number of anilines is 1. The van der Waals surface area contributed by atoms with Crippen LogP contribution in [0.15, 0.2) is 34.9 Å². The quantitative estimate of drug-likeness (QED) is 0.839.